The smallest absolute Gasteiger partial charge is 0.148 e. The molecule has 6 rings (SSSR count). The summed E-state index contributed by atoms with van der Waals surface area (Å²) in [4.78, 5) is 15.1. The number of imidazole rings is 1. The van der Waals surface area contributed by atoms with Crippen LogP contribution in [0.2, 0.25) is 0 Å². The second-order valence-electron chi connectivity index (χ2n) is 11.5. The number of pyridine rings is 1. The van der Waals surface area contributed by atoms with E-state index >= 15 is 0 Å². The number of fused-ring (bicyclic) bond motifs is 10. The van der Waals surface area contributed by atoms with Crippen molar-refractivity contribution in [3.8, 4) is 0 Å². The summed E-state index contributed by atoms with van der Waals surface area (Å²) in [5, 5.41) is 1.18. The van der Waals surface area contributed by atoms with Gasteiger partial charge in [0, 0.05) is 21.9 Å². The van der Waals surface area contributed by atoms with Crippen molar-refractivity contribution in [2.75, 3.05) is 0 Å². The predicted molar refractivity (Wildman–Crippen MR) is 123 cm³/mol. The van der Waals surface area contributed by atoms with Gasteiger partial charge in [0.2, 0.25) is 0 Å². The van der Waals surface area contributed by atoms with Gasteiger partial charge in [0.25, 0.3) is 0 Å². The molecule has 3 aromatic heterocycles. The van der Waals surface area contributed by atoms with Crippen LogP contribution in [-0.2, 0) is 10.8 Å². The Labute approximate surface area is 177 Å². The van der Waals surface area contributed by atoms with Crippen molar-refractivity contribution < 1.29 is 0 Å². The fourth-order valence-electron chi connectivity index (χ4n) is 5.60. The first kappa shape index (κ1) is 18.3. The van der Waals surface area contributed by atoms with Gasteiger partial charge in [-0.05, 0) is 60.4 Å². The molecule has 0 saturated heterocycles. The molecule has 0 amide bonds. The first-order chi connectivity index (χ1) is 14.1. The number of rotatable bonds is 0. The van der Waals surface area contributed by atoms with E-state index in [1.54, 1.807) is 11.1 Å². The molecule has 30 heavy (non-hydrogen) atoms. The van der Waals surface area contributed by atoms with E-state index in [2.05, 4.69) is 64.1 Å². The maximum Gasteiger partial charge on any atom is 0.148 e. The van der Waals surface area contributed by atoms with Crippen LogP contribution in [-0.4, -0.2) is 19.4 Å². The van der Waals surface area contributed by atoms with Crippen molar-refractivity contribution in [3.05, 3.63) is 47.0 Å². The van der Waals surface area contributed by atoms with Crippen molar-refractivity contribution in [1.82, 2.24) is 19.4 Å². The molecule has 2 atom stereocenters. The summed E-state index contributed by atoms with van der Waals surface area (Å²) in [6.45, 7) is 13.4. The Morgan fingerprint density at radius 1 is 0.833 bits per heavy atom. The van der Waals surface area contributed by atoms with Crippen LogP contribution in [0.5, 0.6) is 0 Å². The highest BCUT2D eigenvalue weighted by Gasteiger charge is 2.37. The Morgan fingerprint density at radius 2 is 1.53 bits per heavy atom. The van der Waals surface area contributed by atoms with Crippen LogP contribution in [0, 0.1) is 0 Å². The van der Waals surface area contributed by atoms with Gasteiger partial charge >= 0.3 is 0 Å². The highest BCUT2D eigenvalue weighted by atomic mass is 15.1. The van der Waals surface area contributed by atoms with Crippen molar-refractivity contribution in [2.24, 2.45) is 0 Å². The van der Waals surface area contributed by atoms with Crippen LogP contribution in [0.3, 0.4) is 0 Å². The third kappa shape index (κ3) is 2.42. The molecule has 2 aliphatic carbocycles. The lowest BCUT2D eigenvalue weighted by Crippen LogP contribution is -2.19. The second-order valence-corrected chi connectivity index (χ2v) is 11.5. The van der Waals surface area contributed by atoms with Crippen LogP contribution in [0.15, 0.2) is 24.4 Å². The van der Waals surface area contributed by atoms with Crippen LogP contribution < -0.4 is 0 Å². The standard InChI is InChI=1S/C26H30N4/c1-25(2,3)22-12-21-20(13-27-22)28-23-18-10-16-14-7-8-15(9-14)17(16)11-19(18)29-24(30(21)23)26(4,5)6/h10-15H,7-9H2,1-6H3. The summed E-state index contributed by atoms with van der Waals surface area (Å²) in [5.41, 5.74) is 8.26. The van der Waals surface area contributed by atoms with Crippen LogP contribution in [0.4, 0.5) is 0 Å². The molecular formula is C26H30N4. The van der Waals surface area contributed by atoms with Gasteiger partial charge in [-0.25, -0.2) is 9.97 Å². The molecule has 4 heteroatoms. The van der Waals surface area contributed by atoms with E-state index < -0.39 is 0 Å². The lowest BCUT2D eigenvalue weighted by Gasteiger charge is -2.22. The van der Waals surface area contributed by atoms with Gasteiger partial charge < -0.3 is 0 Å². The van der Waals surface area contributed by atoms with Crippen molar-refractivity contribution >= 4 is 27.6 Å². The minimum atomic E-state index is -0.0940. The summed E-state index contributed by atoms with van der Waals surface area (Å²) in [5.74, 6) is 2.54. The van der Waals surface area contributed by atoms with Gasteiger partial charge in [-0.1, -0.05) is 41.5 Å². The van der Waals surface area contributed by atoms with E-state index in [-0.39, 0.29) is 10.8 Å². The molecule has 4 nitrogen and oxygen atoms in total. The van der Waals surface area contributed by atoms with Gasteiger partial charge in [0.05, 0.1) is 17.2 Å². The van der Waals surface area contributed by atoms with E-state index in [4.69, 9.17) is 15.0 Å². The average Bonchev–Trinajstić information content (AvgIpc) is 3.37. The number of aromatic nitrogens is 4. The zero-order valence-electron chi connectivity index (χ0n) is 18.9. The van der Waals surface area contributed by atoms with E-state index in [1.165, 1.54) is 24.6 Å². The first-order valence-electron chi connectivity index (χ1n) is 11.3. The van der Waals surface area contributed by atoms with Crippen molar-refractivity contribution in [1.29, 1.82) is 0 Å². The van der Waals surface area contributed by atoms with Gasteiger partial charge in [0.15, 0.2) is 0 Å². The Bertz CT molecular complexity index is 1350. The quantitative estimate of drug-likeness (QED) is 0.345. The van der Waals surface area contributed by atoms with Gasteiger partial charge in [0.1, 0.15) is 17.0 Å². The minimum absolute atomic E-state index is 0.00935. The van der Waals surface area contributed by atoms with Gasteiger partial charge in [-0.2, -0.15) is 0 Å². The van der Waals surface area contributed by atoms with Crippen molar-refractivity contribution in [3.63, 3.8) is 0 Å². The Balaban J connectivity index is 1.76. The maximum absolute atomic E-state index is 5.25. The van der Waals surface area contributed by atoms with E-state index in [0.29, 0.717) is 0 Å². The second kappa shape index (κ2) is 5.60. The first-order valence-corrected chi connectivity index (χ1v) is 11.3. The van der Waals surface area contributed by atoms with Gasteiger partial charge in [-0.3, -0.25) is 9.38 Å². The molecule has 2 unspecified atom stereocenters. The summed E-state index contributed by atoms with van der Waals surface area (Å²) in [6.07, 6.45) is 5.94. The molecule has 154 valence electrons. The highest BCUT2D eigenvalue weighted by Crippen LogP contribution is 2.54. The van der Waals surface area contributed by atoms with Crippen LogP contribution in [0.25, 0.3) is 27.6 Å². The molecule has 0 aliphatic heterocycles. The summed E-state index contributed by atoms with van der Waals surface area (Å²) in [6, 6.07) is 7.00. The molecule has 2 bridgehead atoms. The fraction of sp³-hybridized carbons (Fsp3) is 0.500. The predicted octanol–water partition coefficient (Wildman–Crippen LogP) is 6.39. The monoisotopic (exact) mass is 398 g/mol. The third-order valence-electron chi connectivity index (χ3n) is 7.17. The minimum Gasteiger partial charge on any atom is -0.279 e. The summed E-state index contributed by atoms with van der Waals surface area (Å²) >= 11 is 0. The van der Waals surface area contributed by atoms with E-state index in [0.717, 1.165) is 45.6 Å². The average molecular weight is 399 g/mol. The SMILES string of the molecule is CC(C)(C)c1cc2c(cn1)nc1c3cc4c(cc3nc(C(C)(C)C)n21)C1CCC4C1. The molecule has 1 fully saturated rings. The Morgan fingerprint density at radius 3 is 2.20 bits per heavy atom. The van der Waals surface area contributed by atoms with Crippen molar-refractivity contribution in [2.45, 2.75) is 83.5 Å². The zero-order chi connectivity index (χ0) is 21.0. The largest absolute Gasteiger partial charge is 0.279 e. The number of benzene rings is 1. The summed E-state index contributed by atoms with van der Waals surface area (Å²) < 4.78 is 2.30. The maximum atomic E-state index is 5.25. The lowest BCUT2D eigenvalue weighted by atomic mass is 9.90. The Hall–Kier alpha value is -2.49. The number of nitrogens with zero attached hydrogens (tertiary/aromatic N) is 4. The summed E-state index contributed by atoms with van der Waals surface area (Å²) in [7, 11) is 0. The van der Waals surface area contributed by atoms with E-state index in [9.17, 15) is 0 Å². The number of hydrogen-bond donors (Lipinski definition) is 0. The number of hydrogen-bond acceptors (Lipinski definition) is 3. The molecule has 3 heterocycles. The Kier molecular flexibility index (Phi) is 3.41. The van der Waals surface area contributed by atoms with E-state index in [1.807, 2.05) is 6.20 Å². The zero-order valence-corrected chi connectivity index (χ0v) is 18.9. The molecule has 0 radical (unpaired) electrons. The van der Waals surface area contributed by atoms with Crippen LogP contribution >= 0.6 is 0 Å². The molecule has 0 N–H and O–H groups in total. The molecule has 1 aromatic carbocycles. The normalized spacial score (nSPS) is 21.3. The molecule has 1 saturated carbocycles. The fourth-order valence-corrected chi connectivity index (χ4v) is 5.60. The van der Waals surface area contributed by atoms with Gasteiger partial charge in [-0.15, -0.1) is 0 Å². The molecule has 2 aliphatic rings. The lowest BCUT2D eigenvalue weighted by molar-refractivity contribution is 0.542. The molecular weight excluding hydrogens is 368 g/mol. The third-order valence-corrected chi connectivity index (χ3v) is 7.17. The molecule has 0 spiro atoms. The topological polar surface area (TPSA) is 43.1 Å². The highest BCUT2D eigenvalue weighted by molar-refractivity contribution is 5.97. The molecule has 4 aromatic rings. The van der Waals surface area contributed by atoms with Crippen LogP contribution in [0.1, 0.15) is 95.3 Å².